The number of nitrogens with zero attached hydrogens (tertiary/aromatic N) is 1. The molecule has 1 aromatic rings. The lowest BCUT2D eigenvalue weighted by Gasteiger charge is -2.11. The maximum atomic E-state index is 8.90. The molecule has 1 aliphatic rings. The minimum Gasteiger partial charge on any atom is -0.310 e. The third-order valence-corrected chi connectivity index (χ3v) is 2.52. The normalized spacial score (nSPS) is 19.8. The first kappa shape index (κ1) is 11.0. The molecule has 74 valence electrons. The summed E-state index contributed by atoms with van der Waals surface area (Å²) in [6, 6.07) is 10.5. The van der Waals surface area contributed by atoms with Crippen molar-refractivity contribution in [2.45, 2.75) is 18.9 Å². The molecular formula is C11H13ClN2. The van der Waals surface area contributed by atoms with Crippen LogP contribution in [0.5, 0.6) is 0 Å². The second-order valence-corrected chi connectivity index (χ2v) is 3.35. The maximum absolute atomic E-state index is 8.90. The summed E-state index contributed by atoms with van der Waals surface area (Å²) in [7, 11) is 0. The lowest BCUT2D eigenvalue weighted by atomic mass is 10.0. The zero-order valence-corrected chi connectivity index (χ0v) is 8.68. The van der Waals surface area contributed by atoms with Crippen LogP contribution >= 0.6 is 12.4 Å². The Morgan fingerprint density at radius 3 is 2.79 bits per heavy atom. The van der Waals surface area contributed by atoms with Gasteiger partial charge in [0.15, 0.2) is 0 Å². The summed E-state index contributed by atoms with van der Waals surface area (Å²) < 4.78 is 0. The third kappa shape index (κ3) is 2.06. The number of hydrogen-bond donors (Lipinski definition) is 1. The predicted octanol–water partition coefficient (Wildman–Crippen LogP) is 2.40. The van der Waals surface area contributed by atoms with Crippen molar-refractivity contribution in [2.75, 3.05) is 6.54 Å². The van der Waals surface area contributed by atoms with Gasteiger partial charge in [0.1, 0.15) is 0 Å². The van der Waals surface area contributed by atoms with Crippen LogP contribution in [-0.2, 0) is 0 Å². The highest BCUT2D eigenvalue weighted by Gasteiger charge is 2.18. The maximum Gasteiger partial charge on any atom is 0.0995 e. The van der Waals surface area contributed by atoms with E-state index in [-0.39, 0.29) is 12.4 Å². The van der Waals surface area contributed by atoms with Crippen molar-refractivity contribution in [1.29, 1.82) is 5.26 Å². The quantitative estimate of drug-likeness (QED) is 0.770. The fraction of sp³-hybridized carbons (Fsp3) is 0.364. The lowest BCUT2D eigenvalue weighted by molar-refractivity contribution is 0.646. The summed E-state index contributed by atoms with van der Waals surface area (Å²) in [6.45, 7) is 1.07. The molecule has 2 rings (SSSR count). The number of rotatable bonds is 1. The van der Waals surface area contributed by atoms with Crippen LogP contribution in [0.4, 0.5) is 0 Å². The molecule has 1 aromatic carbocycles. The van der Waals surface area contributed by atoms with Crippen molar-refractivity contribution >= 4 is 12.4 Å². The lowest BCUT2D eigenvalue weighted by Crippen LogP contribution is -2.13. The minimum atomic E-state index is 0. The molecule has 0 saturated carbocycles. The Morgan fingerprint density at radius 2 is 2.14 bits per heavy atom. The molecule has 0 unspecified atom stereocenters. The van der Waals surface area contributed by atoms with Gasteiger partial charge < -0.3 is 5.32 Å². The molecule has 1 atom stereocenters. The molecule has 0 amide bonds. The Balaban J connectivity index is 0.000000980. The predicted molar refractivity (Wildman–Crippen MR) is 58.4 cm³/mol. The third-order valence-electron chi connectivity index (χ3n) is 2.52. The second-order valence-electron chi connectivity index (χ2n) is 3.35. The Hall–Kier alpha value is -1.04. The largest absolute Gasteiger partial charge is 0.310 e. The van der Waals surface area contributed by atoms with Gasteiger partial charge in [0, 0.05) is 6.04 Å². The van der Waals surface area contributed by atoms with Gasteiger partial charge in [-0.1, -0.05) is 18.2 Å². The van der Waals surface area contributed by atoms with Crippen LogP contribution in [0.1, 0.15) is 30.0 Å². The van der Waals surface area contributed by atoms with E-state index in [0.717, 1.165) is 24.1 Å². The molecule has 14 heavy (non-hydrogen) atoms. The van der Waals surface area contributed by atoms with E-state index in [1.165, 1.54) is 6.42 Å². The molecule has 1 saturated heterocycles. The average molecular weight is 209 g/mol. The van der Waals surface area contributed by atoms with Crippen molar-refractivity contribution < 1.29 is 0 Å². The molecular weight excluding hydrogens is 196 g/mol. The van der Waals surface area contributed by atoms with Gasteiger partial charge in [-0.2, -0.15) is 5.26 Å². The van der Waals surface area contributed by atoms with Gasteiger partial charge in [0.25, 0.3) is 0 Å². The van der Waals surface area contributed by atoms with Crippen LogP contribution in [-0.4, -0.2) is 6.54 Å². The number of nitrogens with one attached hydrogen (secondary N) is 1. The smallest absolute Gasteiger partial charge is 0.0995 e. The molecule has 0 radical (unpaired) electrons. The average Bonchev–Trinajstić information content (AvgIpc) is 2.70. The zero-order chi connectivity index (χ0) is 9.10. The summed E-state index contributed by atoms with van der Waals surface area (Å²) in [5.74, 6) is 0. The highest BCUT2D eigenvalue weighted by molar-refractivity contribution is 5.85. The van der Waals surface area contributed by atoms with Gasteiger partial charge in [-0.3, -0.25) is 0 Å². The molecule has 1 N–H and O–H groups in total. The Labute approximate surface area is 90.3 Å². The zero-order valence-electron chi connectivity index (χ0n) is 7.86. The fourth-order valence-corrected chi connectivity index (χ4v) is 1.85. The molecule has 1 aliphatic heterocycles. The first-order chi connectivity index (χ1) is 6.42. The topological polar surface area (TPSA) is 35.8 Å². The summed E-state index contributed by atoms with van der Waals surface area (Å²) in [4.78, 5) is 0. The van der Waals surface area contributed by atoms with E-state index in [4.69, 9.17) is 5.26 Å². The fourth-order valence-electron chi connectivity index (χ4n) is 1.85. The highest BCUT2D eigenvalue weighted by atomic mass is 35.5. The molecule has 3 heteroatoms. The summed E-state index contributed by atoms with van der Waals surface area (Å²) in [6.07, 6.45) is 2.36. The molecule has 1 fully saturated rings. The van der Waals surface area contributed by atoms with Crippen molar-refractivity contribution in [3.05, 3.63) is 35.4 Å². The molecule has 0 spiro atoms. The molecule has 0 bridgehead atoms. The van der Waals surface area contributed by atoms with Crippen LogP contribution in [0.25, 0.3) is 0 Å². The van der Waals surface area contributed by atoms with E-state index in [2.05, 4.69) is 11.4 Å². The minimum absolute atomic E-state index is 0. The van der Waals surface area contributed by atoms with E-state index >= 15 is 0 Å². The molecule has 1 heterocycles. The number of nitriles is 1. The van der Waals surface area contributed by atoms with Crippen LogP contribution < -0.4 is 5.32 Å². The van der Waals surface area contributed by atoms with E-state index in [1.807, 2.05) is 24.3 Å². The van der Waals surface area contributed by atoms with Gasteiger partial charge in [0.05, 0.1) is 11.6 Å². The van der Waals surface area contributed by atoms with Crippen LogP contribution in [0.2, 0.25) is 0 Å². The van der Waals surface area contributed by atoms with E-state index in [1.54, 1.807) is 0 Å². The van der Waals surface area contributed by atoms with E-state index in [0.29, 0.717) is 6.04 Å². The summed E-state index contributed by atoms with van der Waals surface area (Å²) >= 11 is 0. The van der Waals surface area contributed by atoms with Gasteiger partial charge in [-0.25, -0.2) is 0 Å². The van der Waals surface area contributed by atoms with E-state index in [9.17, 15) is 0 Å². The Bertz CT molecular complexity index is 337. The van der Waals surface area contributed by atoms with Gasteiger partial charge in [-0.15, -0.1) is 12.4 Å². The summed E-state index contributed by atoms with van der Waals surface area (Å²) in [5.41, 5.74) is 1.96. The van der Waals surface area contributed by atoms with Crippen molar-refractivity contribution in [2.24, 2.45) is 0 Å². The Morgan fingerprint density at radius 1 is 1.36 bits per heavy atom. The van der Waals surface area contributed by atoms with Crippen molar-refractivity contribution in [1.82, 2.24) is 5.32 Å². The van der Waals surface area contributed by atoms with Crippen molar-refractivity contribution in [3.8, 4) is 6.07 Å². The van der Waals surface area contributed by atoms with Crippen LogP contribution in [0, 0.1) is 11.3 Å². The number of benzene rings is 1. The van der Waals surface area contributed by atoms with Gasteiger partial charge in [0.2, 0.25) is 0 Å². The highest BCUT2D eigenvalue weighted by Crippen LogP contribution is 2.25. The van der Waals surface area contributed by atoms with Gasteiger partial charge >= 0.3 is 0 Å². The molecule has 0 aliphatic carbocycles. The SMILES string of the molecule is Cl.N#Cc1ccccc1[C@@H]1CCCN1. The van der Waals surface area contributed by atoms with E-state index < -0.39 is 0 Å². The second kappa shape index (κ2) is 4.99. The molecule has 2 nitrogen and oxygen atoms in total. The van der Waals surface area contributed by atoms with Crippen LogP contribution in [0.3, 0.4) is 0 Å². The first-order valence-electron chi connectivity index (χ1n) is 4.64. The van der Waals surface area contributed by atoms with Gasteiger partial charge in [-0.05, 0) is 31.0 Å². The Kier molecular flexibility index (Phi) is 3.94. The van der Waals surface area contributed by atoms with Crippen LogP contribution in [0.15, 0.2) is 24.3 Å². The first-order valence-corrected chi connectivity index (χ1v) is 4.64. The number of hydrogen-bond acceptors (Lipinski definition) is 2. The number of halogens is 1. The molecule has 0 aromatic heterocycles. The summed E-state index contributed by atoms with van der Waals surface area (Å²) in [5, 5.41) is 12.3. The standard InChI is InChI=1S/C11H12N2.ClH/c12-8-9-4-1-2-5-10(9)11-6-3-7-13-11;/h1-2,4-5,11,13H,3,6-7H2;1H/t11-;/m0./s1. The monoisotopic (exact) mass is 208 g/mol. The van der Waals surface area contributed by atoms with Crippen molar-refractivity contribution in [3.63, 3.8) is 0 Å².